The van der Waals surface area contributed by atoms with Crippen LogP contribution in [0.1, 0.15) is 31.2 Å². The van der Waals surface area contributed by atoms with Crippen molar-refractivity contribution in [2.75, 3.05) is 7.11 Å². The molecule has 2 saturated heterocycles. The van der Waals surface area contributed by atoms with Crippen molar-refractivity contribution in [3.8, 4) is 5.88 Å². The van der Waals surface area contributed by atoms with Gasteiger partial charge in [-0.05, 0) is 25.0 Å². The molecule has 4 heteroatoms. The summed E-state index contributed by atoms with van der Waals surface area (Å²) in [5, 5.41) is 10.8. The molecular weight excluding hydrogens is 218 g/mol. The average Bonchev–Trinajstić information content (AvgIpc) is 2.69. The highest BCUT2D eigenvalue weighted by Crippen LogP contribution is 2.45. The van der Waals surface area contributed by atoms with Gasteiger partial charge in [-0.1, -0.05) is 0 Å². The summed E-state index contributed by atoms with van der Waals surface area (Å²) in [6.45, 7) is 0. The zero-order chi connectivity index (χ0) is 11.9. The third-order valence-electron chi connectivity index (χ3n) is 3.79. The molecule has 0 amide bonds. The topological polar surface area (TPSA) is 51.6 Å². The van der Waals surface area contributed by atoms with Crippen molar-refractivity contribution in [3.05, 3.63) is 23.9 Å². The van der Waals surface area contributed by atoms with Crippen LogP contribution in [0.4, 0.5) is 0 Å². The normalized spacial score (nSPS) is 35.9. The van der Waals surface area contributed by atoms with Gasteiger partial charge in [0.1, 0.15) is 0 Å². The molecule has 3 heterocycles. The summed E-state index contributed by atoms with van der Waals surface area (Å²) in [5.74, 6) is 0.524. The van der Waals surface area contributed by atoms with Gasteiger partial charge in [-0.2, -0.15) is 0 Å². The molecule has 2 unspecified atom stereocenters. The third kappa shape index (κ3) is 1.81. The molecule has 2 bridgehead atoms. The van der Waals surface area contributed by atoms with Crippen LogP contribution >= 0.6 is 0 Å². The van der Waals surface area contributed by atoms with E-state index < -0.39 is 5.60 Å². The van der Waals surface area contributed by atoms with E-state index >= 15 is 0 Å². The predicted molar refractivity (Wildman–Crippen MR) is 61.8 cm³/mol. The monoisotopic (exact) mass is 235 g/mol. The number of aliphatic hydroxyl groups is 1. The van der Waals surface area contributed by atoms with Gasteiger partial charge in [-0.3, -0.25) is 0 Å². The Hall–Kier alpha value is -1.13. The molecule has 0 aliphatic carbocycles. The second-order valence-corrected chi connectivity index (χ2v) is 4.96. The van der Waals surface area contributed by atoms with E-state index in [1.165, 1.54) is 0 Å². The number of nitrogens with zero attached hydrogens (tertiary/aromatic N) is 1. The van der Waals surface area contributed by atoms with E-state index in [1.54, 1.807) is 13.3 Å². The number of pyridine rings is 1. The summed E-state index contributed by atoms with van der Waals surface area (Å²) in [4.78, 5) is 4.17. The van der Waals surface area contributed by atoms with E-state index in [9.17, 15) is 5.11 Å². The van der Waals surface area contributed by atoms with Crippen molar-refractivity contribution >= 4 is 0 Å². The maximum absolute atomic E-state index is 10.8. The maximum Gasteiger partial charge on any atom is 0.219 e. The molecule has 2 atom stereocenters. The lowest BCUT2D eigenvalue weighted by Crippen LogP contribution is -2.39. The van der Waals surface area contributed by atoms with Gasteiger partial charge in [0.25, 0.3) is 0 Å². The van der Waals surface area contributed by atoms with Crippen LogP contribution in [0.15, 0.2) is 18.3 Å². The molecule has 0 aromatic carbocycles. The summed E-state index contributed by atoms with van der Waals surface area (Å²) >= 11 is 0. The molecule has 4 nitrogen and oxygen atoms in total. The molecule has 17 heavy (non-hydrogen) atoms. The summed E-state index contributed by atoms with van der Waals surface area (Å²) < 4.78 is 11.0. The Labute approximate surface area is 101 Å². The zero-order valence-electron chi connectivity index (χ0n) is 9.93. The smallest absolute Gasteiger partial charge is 0.219 e. The lowest BCUT2D eigenvalue weighted by Gasteiger charge is -2.37. The van der Waals surface area contributed by atoms with E-state index in [0.717, 1.165) is 18.4 Å². The Morgan fingerprint density at radius 2 is 2.12 bits per heavy atom. The lowest BCUT2D eigenvalue weighted by atomic mass is 9.84. The Bertz CT molecular complexity index is 409. The van der Waals surface area contributed by atoms with Crippen molar-refractivity contribution in [1.29, 1.82) is 0 Å². The largest absolute Gasteiger partial charge is 0.481 e. The quantitative estimate of drug-likeness (QED) is 0.846. The highest BCUT2D eigenvalue weighted by atomic mass is 16.5. The highest BCUT2D eigenvalue weighted by molar-refractivity contribution is 5.32. The molecule has 0 saturated carbocycles. The molecule has 2 fully saturated rings. The first-order valence-corrected chi connectivity index (χ1v) is 6.08. The zero-order valence-corrected chi connectivity index (χ0v) is 9.93. The van der Waals surface area contributed by atoms with Crippen LogP contribution in [0.25, 0.3) is 0 Å². The van der Waals surface area contributed by atoms with Gasteiger partial charge in [-0.15, -0.1) is 0 Å². The standard InChI is InChI=1S/C13H17NO3/c1-16-12-11(3-2-6-14-12)13(15)7-9-4-5-10(8-13)17-9/h2-3,6,9-10,15H,4-5,7-8H2,1H3. The summed E-state index contributed by atoms with van der Waals surface area (Å²) in [7, 11) is 1.59. The van der Waals surface area contributed by atoms with Gasteiger partial charge in [0.2, 0.25) is 5.88 Å². The van der Waals surface area contributed by atoms with Gasteiger partial charge in [0.15, 0.2) is 0 Å². The first kappa shape index (κ1) is 11.0. The van der Waals surface area contributed by atoms with Crippen LogP contribution < -0.4 is 4.74 Å². The number of ether oxygens (including phenoxy) is 2. The van der Waals surface area contributed by atoms with Gasteiger partial charge >= 0.3 is 0 Å². The third-order valence-corrected chi connectivity index (χ3v) is 3.79. The number of fused-ring (bicyclic) bond motifs is 2. The van der Waals surface area contributed by atoms with Crippen molar-refractivity contribution in [2.45, 2.75) is 43.5 Å². The van der Waals surface area contributed by atoms with Crippen molar-refractivity contribution in [3.63, 3.8) is 0 Å². The molecule has 0 spiro atoms. The second-order valence-electron chi connectivity index (χ2n) is 4.96. The van der Waals surface area contributed by atoms with E-state index in [2.05, 4.69) is 4.98 Å². The van der Waals surface area contributed by atoms with Gasteiger partial charge in [0.05, 0.1) is 24.9 Å². The fourth-order valence-electron chi connectivity index (χ4n) is 3.04. The molecular formula is C13H17NO3. The first-order valence-electron chi connectivity index (χ1n) is 6.08. The minimum absolute atomic E-state index is 0.184. The minimum atomic E-state index is -0.844. The molecule has 1 aromatic rings. The summed E-state index contributed by atoms with van der Waals surface area (Å²) in [5.41, 5.74) is -0.0494. The van der Waals surface area contributed by atoms with Crippen LogP contribution in [-0.4, -0.2) is 29.4 Å². The summed E-state index contributed by atoms with van der Waals surface area (Å²) in [6.07, 6.45) is 5.44. The Balaban J connectivity index is 1.96. The summed E-state index contributed by atoms with van der Waals surface area (Å²) in [6, 6.07) is 3.74. The highest BCUT2D eigenvalue weighted by Gasteiger charge is 2.46. The van der Waals surface area contributed by atoms with E-state index in [1.807, 2.05) is 12.1 Å². The van der Waals surface area contributed by atoms with Crippen LogP contribution in [0, 0.1) is 0 Å². The van der Waals surface area contributed by atoms with Gasteiger partial charge in [-0.25, -0.2) is 4.98 Å². The van der Waals surface area contributed by atoms with E-state index in [-0.39, 0.29) is 12.2 Å². The van der Waals surface area contributed by atoms with Crippen LogP contribution in [-0.2, 0) is 10.3 Å². The van der Waals surface area contributed by atoms with Crippen LogP contribution in [0.3, 0.4) is 0 Å². The molecule has 1 N–H and O–H groups in total. The van der Waals surface area contributed by atoms with Crippen LogP contribution in [0.5, 0.6) is 5.88 Å². The van der Waals surface area contributed by atoms with Crippen molar-refractivity contribution in [2.24, 2.45) is 0 Å². The SMILES string of the molecule is COc1ncccc1C1(O)CC2CCC(C1)O2. The van der Waals surface area contributed by atoms with E-state index in [0.29, 0.717) is 18.7 Å². The van der Waals surface area contributed by atoms with Gasteiger partial charge < -0.3 is 14.6 Å². The molecule has 92 valence electrons. The molecule has 0 radical (unpaired) electrons. The van der Waals surface area contributed by atoms with Crippen LogP contribution in [0.2, 0.25) is 0 Å². The number of rotatable bonds is 2. The minimum Gasteiger partial charge on any atom is -0.481 e. The molecule has 1 aromatic heterocycles. The number of hydrogen-bond donors (Lipinski definition) is 1. The fraction of sp³-hybridized carbons (Fsp3) is 0.615. The van der Waals surface area contributed by atoms with Crippen molar-refractivity contribution in [1.82, 2.24) is 4.98 Å². The molecule has 2 aliphatic heterocycles. The molecule has 3 rings (SSSR count). The fourth-order valence-corrected chi connectivity index (χ4v) is 3.04. The number of methoxy groups -OCH3 is 1. The predicted octanol–water partition coefficient (Wildman–Crippen LogP) is 1.62. The second kappa shape index (κ2) is 3.96. The van der Waals surface area contributed by atoms with E-state index in [4.69, 9.17) is 9.47 Å². The molecule has 2 aliphatic rings. The van der Waals surface area contributed by atoms with Gasteiger partial charge in [0, 0.05) is 24.6 Å². The van der Waals surface area contributed by atoms with Crippen molar-refractivity contribution < 1.29 is 14.6 Å². The lowest BCUT2D eigenvalue weighted by molar-refractivity contribution is -0.116. The maximum atomic E-state index is 10.8. The number of aromatic nitrogens is 1. The number of hydrogen-bond acceptors (Lipinski definition) is 4. The average molecular weight is 235 g/mol. The Morgan fingerprint density at radius 3 is 2.76 bits per heavy atom. The Morgan fingerprint density at radius 1 is 1.41 bits per heavy atom. The first-order chi connectivity index (χ1) is 8.21. The Kier molecular flexibility index (Phi) is 2.56.